The fourth-order valence-electron chi connectivity index (χ4n) is 2.53. The van der Waals surface area contributed by atoms with E-state index in [9.17, 15) is 4.79 Å². The van der Waals surface area contributed by atoms with Gasteiger partial charge in [0.15, 0.2) is 0 Å². The van der Waals surface area contributed by atoms with Crippen molar-refractivity contribution >= 4 is 5.91 Å². The summed E-state index contributed by atoms with van der Waals surface area (Å²) in [7, 11) is 0. The predicted octanol–water partition coefficient (Wildman–Crippen LogP) is 1.66. The highest BCUT2D eigenvalue weighted by Gasteiger charge is 2.37. The molecule has 0 aliphatic carbocycles. The van der Waals surface area contributed by atoms with Crippen LogP contribution in [-0.4, -0.2) is 35.1 Å². The van der Waals surface area contributed by atoms with E-state index in [2.05, 4.69) is 36.1 Å². The Kier molecular flexibility index (Phi) is 4.14. The first kappa shape index (κ1) is 13.9. The topological polar surface area (TPSA) is 64.1 Å². The molecule has 0 radical (unpaired) electrons. The highest BCUT2D eigenvalue weighted by atomic mass is 16.5. The van der Waals surface area contributed by atoms with E-state index in [0.717, 1.165) is 13.0 Å². The van der Waals surface area contributed by atoms with Gasteiger partial charge < -0.3 is 10.1 Å². The van der Waals surface area contributed by atoms with E-state index in [0.29, 0.717) is 18.2 Å². The number of aromatic nitrogens is 2. The van der Waals surface area contributed by atoms with Gasteiger partial charge in [-0.3, -0.25) is 9.78 Å². The zero-order chi connectivity index (χ0) is 13.9. The molecule has 0 saturated carbocycles. The summed E-state index contributed by atoms with van der Waals surface area (Å²) in [6.45, 7) is 7.90. The van der Waals surface area contributed by atoms with Crippen LogP contribution in [0.25, 0.3) is 0 Å². The third-order valence-corrected chi connectivity index (χ3v) is 3.39. The van der Waals surface area contributed by atoms with Gasteiger partial charge in [-0.25, -0.2) is 4.98 Å². The molecule has 0 unspecified atom stereocenters. The summed E-state index contributed by atoms with van der Waals surface area (Å²) in [6.07, 6.45) is 5.72. The average molecular weight is 263 g/mol. The maximum atomic E-state index is 11.9. The van der Waals surface area contributed by atoms with Crippen LogP contribution in [0.1, 0.15) is 37.7 Å². The first-order valence-electron chi connectivity index (χ1n) is 6.64. The van der Waals surface area contributed by atoms with Crippen LogP contribution < -0.4 is 5.32 Å². The van der Waals surface area contributed by atoms with E-state index in [1.807, 2.05) is 0 Å². The Bertz CT molecular complexity index is 428. The van der Waals surface area contributed by atoms with Gasteiger partial charge in [0.2, 0.25) is 0 Å². The normalized spacial score (nSPS) is 23.3. The quantitative estimate of drug-likeness (QED) is 0.900. The van der Waals surface area contributed by atoms with Crippen LogP contribution in [0.4, 0.5) is 0 Å². The zero-order valence-electron chi connectivity index (χ0n) is 11.7. The maximum absolute atomic E-state index is 11.9. The molecule has 104 valence electrons. The molecule has 19 heavy (non-hydrogen) atoms. The third kappa shape index (κ3) is 3.50. The number of nitrogens with one attached hydrogen (secondary N) is 1. The van der Waals surface area contributed by atoms with E-state index in [-0.39, 0.29) is 17.4 Å². The van der Waals surface area contributed by atoms with Crippen molar-refractivity contribution in [1.82, 2.24) is 15.3 Å². The van der Waals surface area contributed by atoms with Crippen molar-refractivity contribution in [2.24, 2.45) is 11.3 Å². The molecule has 1 aliphatic rings. The van der Waals surface area contributed by atoms with Gasteiger partial charge in [-0.1, -0.05) is 20.8 Å². The summed E-state index contributed by atoms with van der Waals surface area (Å²) < 4.78 is 5.79. The molecule has 2 heterocycles. The second-order valence-electron chi connectivity index (χ2n) is 6.01. The van der Waals surface area contributed by atoms with Gasteiger partial charge in [0, 0.05) is 31.5 Å². The molecule has 1 amide bonds. The highest BCUT2D eigenvalue weighted by Crippen LogP contribution is 2.34. The molecule has 2 atom stereocenters. The van der Waals surface area contributed by atoms with Crippen LogP contribution in [0.2, 0.25) is 0 Å². The first-order chi connectivity index (χ1) is 8.98. The zero-order valence-corrected chi connectivity index (χ0v) is 11.7. The number of hydrogen-bond acceptors (Lipinski definition) is 4. The monoisotopic (exact) mass is 263 g/mol. The minimum Gasteiger partial charge on any atom is -0.377 e. The van der Waals surface area contributed by atoms with Gasteiger partial charge in [0.1, 0.15) is 5.69 Å². The fraction of sp³-hybridized carbons (Fsp3) is 0.643. The Hall–Kier alpha value is -1.49. The van der Waals surface area contributed by atoms with Crippen LogP contribution >= 0.6 is 0 Å². The van der Waals surface area contributed by atoms with Gasteiger partial charge in [-0.2, -0.15) is 0 Å². The molecular formula is C14H21N3O2. The van der Waals surface area contributed by atoms with E-state index >= 15 is 0 Å². The molecule has 2 rings (SSSR count). The van der Waals surface area contributed by atoms with Crippen molar-refractivity contribution in [3.8, 4) is 0 Å². The molecule has 1 aromatic heterocycles. The summed E-state index contributed by atoms with van der Waals surface area (Å²) in [5, 5.41) is 2.92. The number of amides is 1. The first-order valence-corrected chi connectivity index (χ1v) is 6.64. The third-order valence-electron chi connectivity index (χ3n) is 3.39. The molecule has 1 aliphatic heterocycles. The van der Waals surface area contributed by atoms with Gasteiger partial charge >= 0.3 is 0 Å². The summed E-state index contributed by atoms with van der Waals surface area (Å²) in [5.41, 5.74) is 0.451. The Morgan fingerprint density at radius 2 is 2.26 bits per heavy atom. The molecule has 5 nitrogen and oxygen atoms in total. The second kappa shape index (κ2) is 5.65. The molecule has 5 heteroatoms. The number of ether oxygens (including phenoxy) is 1. The van der Waals surface area contributed by atoms with E-state index in [4.69, 9.17) is 4.74 Å². The number of nitrogens with zero attached hydrogens (tertiary/aromatic N) is 2. The standard InChI is InChI=1S/C14H21N3O2/c1-14(2,3)12-10(4-7-19-12)8-17-13(18)11-9-15-5-6-16-11/h5-6,9-10,12H,4,7-8H2,1-3H3,(H,17,18)/t10-,12+/m1/s1. The Balaban J connectivity index is 1.90. The molecule has 0 aromatic carbocycles. The number of carbonyl (C=O) groups excluding carboxylic acids is 1. The predicted molar refractivity (Wildman–Crippen MR) is 71.7 cm³/mol. The van der Waals surface area contributed by atoms with Crippen LogP contribution in [-0.2, 0) is 4.74 Å². The van der Waals surface area contributed by atoms with Crippen LogP contribution in [0.5, 0.6) is 0 Å². The van der Waals surface area contributed by atoms with Gasteiger partial charge in [0.25, 0.3) is 5.91 Å². The fourth-order valence-corrected chi connectivity index (χ4v) is 2.53. The molecule has 1 aromatic rings. The lowest BCUT2D eigenvalue weighted by Gasteiger charge is -2.31. The molecule has 1 saturated heterocycles. The van der Waals surface area contributed by atoms with E-state index < -0.39 is 0 Å². The SMILES string of the molecule is CC(C)(C)[C@H]1OCC[C@@H]1CNC(=O)c1cnccn1. The Morgan fingerprint density at radius 1 is 1.47 bits per heavy atom. The molecule has 1 fully saturated rings. The number of hydrogen-bond donors (Lipinski definition) is 1. The van der Waals surface area contributed by atoms with Gasteiger partial charge in [0.05, 0.1) is 12.3 Å². The maximum Gasteiger partial charge on any atom is 0.271 e. The number of rotatable bonds is 3. The van der Waals surface area contributed by atoms with Gasteiger partial charge in [-0.05, 0) is 11.8 Å². The summed E-state index contributed by atoms with van der Waals surface area (Å²) >= 11 is 0. The van der Waals surface area contributed by atoms with Gasteiger partial charge in [-0.15, -0.1) is 0 Å². The average Bonchev–Trinajstić information content (AvgIpc) is 2.85. The van der Waals surface area contributed by atoms with E-state index in [1.54, 1.807) is 6.20 Å². The highest BCUT2D eigenvalue weighted by molar-refractivity contribution is 5.91. The van der Waals surface area contributed by atoms with E-state index in [1.165, 1.54) is 12.4 Å². The summed E-state index contributed by atoms with van der Waals surface area (Å²) in [5.74, 6) is 0.188. The van der Waals surface area contributed by atoms with Crippen molar-refractivity contribution < 1.29 is 9.53 Å². The molecule has 0 spiro atoms. The van der Waals surface area contributed by atoms with Crippen molar-refractivity contribution in [3.63, 3.8) is 0 Å². The lowest BCUT2D eigenvalue weighted by molar-refractivity contribution is 0.00736. The van der Waals surface area contributed by atoms with Crippen LogP contribution in [0.3, 0.4) is 0 Å². The number of carbonyl (C=O) groups is 1. The minimum atomic E-state index is -0.173. The summed E-state index contributed by atoms with van der Waals surface area (Å²) in [4.78, 5) is 19.8. The van der Waals surface area contributed by atoms with Crippen LogP contribution in [0, 0.1) is 11.3 Å². The van der Waals surface area contributed by atoms with Crippen molar-refractivity contribution in [2.75, 3.05) is 13.2 Å². The Labute approximate surface area is 113 Å². The smallest absolute Gasteiger partial charge is 0.271 e. The lowest BCUT2D eigenvalue weighted by Crippen LogP contribution is -2.38. The largest absolute Gasteiger partial charge is 0.377 e. The summed E-state index contributed by atoms with van der Waals surface area (Å²) in [6, 6.07) is 0. The van der Waals surface area contributed by atoms with Crippen molar-refractivity contribution in [3.05, 3.63) is 24.3 Å². The minimum absolute atomic E-state index is 0.0957. The van der Waals surface area contributed by atoms with Crippen LogP contribution in [0.15, 0.2) is 18.6 Å². The van der Waals surface area contributed by atoms with Crippen molar-refractivity contribution in [1.29, 1.82) is 0 Å². The Morgan fingerprint density at radius 3 is 2.89 bits per heavy atom. The molecule has 0 bridgehead atoms. The second-order valence-corrected chi connectivity index (χ2v) is 6.01. The van der Waals surface area contributed by atoms with Crippen molar-refractivity contribution in [2.45, 2.75) is 33.3 Å². The molecule has 1 N–H and O–H groups in total. The molecular weight excluding hydrogens is 242 g/mol. The lowest BCUT2D eigenvalue weighted by atomic mass is 9.81.